The maximum Gasteiger partial charge on any atom is 0.137 e. The van der Waals surface area contributed by atoms with Crippen LogP contribution in [0.1, 0.15) is 23.2 Å². The average molecular weight is 402 g/mol. The first-order valence-corrected chi connectivity index (χ1v) is 9.79. The number of aromatic amines is 1. The van der Waals surface area contributed by atoms with E-state index in [2.05, 4.69) is 32.3 Å². The van der Waals surface area contributed by atoms with Crippen LogP contribution in [0.5, 0.6) is 5.75 Å². The fraction of sp³-hybridized carbons (Fsp3) is 0.400. The molecule has 0 bridgehead atoms. The van der Waals surface area contributed by atoms with Crippen molar-refractivity contribution in [2.24, 2.45) is 7.05 Å². The van der Waals surface area contributed by atoms with E-state index in [0.29, 0.717) is 24.0 Å². The number of aromatic nitrogens is 4. The molecule has 7 nitrogen and oxygen atoms in total. The van der Waals surface area contributed by atoms with Crippen molar-refractivity contribution in [2.45, 2.75) is 19.1 Å². The molecule has 1 aliphatic rings. The van der Waals surface area contributed by atoms with E-state index in [9.17, 15) is 0 Å². The highest BCUT2D eigenvalue weighted by Gasteiger charge is 2.24. The number of hydrogen-bond donors (Lipinski definition) is 1. The Labute approximate surface area is 169 Å². The monoisotopic (exact) mass is 401 g/mol. The van der Waals surface area contributed by atoms with Crippen molar-refractivity contribution in [3.05, 3.63) is 64.7 Å². The molecule has 0 aliphatic carbocycles. The molecule has 4 rings (SSSR count). The third kappa shape index (κ3) is 4.55. The summed E-state index contributed by atoms with van der Waals surface area (Å²) in [5.41, 5.74) is 3.15. The summed E-state index contributed by atoms with van der Waals surface area (Å²) in [4.78, 5) is 2.38. The van der Waals surface area contributed by atoms with Crippen LogP contribution in [0, 0.1) is 0 Å². The van der Waals surface area contributed by atoms with E-state index in [0.717, 1.165) is 37.4 Å². The molecule has 8 heteroatoms. The summed E-state index contributed by atoms with van der Waals surface area (Å²) in [6.45, 7) is 3.80. The molecule has 28 heavy (non-hydrogen) atoms. The molecule has 1 N–H and O–H groups in total. The van der Waals surface area contributed by atoms with Crippen LogP contribution in [-0.2, 0) is 24.8 Å². The summed E-state index contributed by atoms with van der Waals surface area (Å²) in [6, 6.07) is 11.6. The topological polar surface area (TPSA) is 68.2 Å². The molecule has 0 radical (unpaired) electrons. The van der Waals surface area contributed by atoms with Crippen molar-refractivity contribution >= 4 is 11.6 Å². The Hall–Kier alpha value is -2.35. The Bertz CT molecular complexity index is 909. The highest BCUT2D eigenvalue weighted by molar-refractivity contribution is 6.32. The Morgan fingerprint density at radius 3 is 3.04 bits per heavy atom. The van der Waals surface area contributed by atoms with E-state index in [1.165, 1.54) is 5.69 Å². The molecule has 1 atom stereocenters. The summed E-state index contributed by atoms with van der Waals surface area (Å²) < 4.78 is 13.6. The van der Waals surface area contributed by atoms with Gasteiger partial charge < -0.3 is 9.47 Å². The van der Waals surface area contributed by atoms with Crippen molar-refractivity contribution in [2.75, 3.05) is 26.3 Å². The molecule has 1 aliphatic heterocycles. The van der Waals surface area contributed by atoms with Crippen LogP contribution in [0.15, 0.2) is 42.6 Å². The number of rotatable bonds is 7. The number of aryl methyl sites for hydroxylation is 1. The highest BCUT2D eigenvalue weighted by atomic mass is 35.5. The molecule has 0 spiro atoms. The second-order valence-corrected chi connectivity index (χ2v) is 7.29. The standard InChI is InChI=1S/C20H24ClN5O2/c1-25-16(6-8-22-25)13-26-9-11-28-20(14-26)18-12-15(23-24-18)7-10-27-19-5-3-2-4-17(19)21/h2-6,8,12,20H,7,9-11,13-14H2,1H3,(H,23,24)/t20-/m1/s1. The average Bonchev–Trinajstić information content (AvgIpc) is 3.33. The van der Waals surface area contributed by atoms with Gasteiger partial charge in [-0.05, 0) is 24.3 Å². The molecule has 3 heterocycles. The van der Waals surface area contributed by atoms with Gasteiger partial charge in [-0.15, -0.1) is 0 Å². The zero-order valence-corrected chi connectivity index (χ0v) is 16.6. The van der Waals surface area contributed by atoms with Gasteiger partial charge in [-0.3, -0.25) is 14.7 Å². The van der Waals surface area contributed by atoms with Gasteiger partial charge in [-0.2, -0.15) is 10.2 Å². The van der Waals surface area contributed by atoms with Gasteiger partial charge in [0.25, 0.3) is 0 Å². The first kappa shape index (κ1) is 19.0. The molecule has 1 aromatic carbocycles. The Kier molecular flexibility index (Phi) is 5.95. The molecule has 3 aromatic rings. The fourth-order valence-electron chi connectivity index (χ4n) is 3.32. The number of ether oxygens (including phenoxy) is 2. The number of benzene rings is 1. The van der Waals surface area contributed by atoms with Gasteiger partial charge in [0.2, 0.25) is 0 Å². The lowest BCUT2D eigenvalue weighted by Gasteiger charge is -2.31. The van der Waals surface area contributed by atoms with Crippen LogP contribution in [0.25, 0.3) is 0 Å². The Morgan fingerprint density at radius 2 is 2.21 bits per heavy atom. The summed E-state index contributed by atoms with van der Waals surface area (Å²) >= 11 is 6.11. The first-order valence-electron chi connectivity index (χ1n) is 9.41. The number of halogens is 1. The van der Waals surface area contributed by atoms with E-state index in [4.69, 9.17) is 21.1 Å². The first-order chi connectivity index (χ1) is 13.7. The minimum Gasteiger partial charge on any atom is -0.492 e. The van der Waals surface area contributed by atoms with E-state index in [-0.39, 0.29) is 6.10 Å². The van der Waals surface area contributed by atoms with Crippen LogP contribution in [-0.4, -0.2) is 51.2 Å². The van der Waals surface area contributed by atoms with Gasteiger partial charge in [0.1, 0.15) is 11.9 Å². The molecule has 1 saturated heterocycles. The number of morpholine rings is 1. The van der Waals surface area contributed by atoms with Gasteiger partial charge in [-0.1, -0.05) is 23.7 Å². The lowest BCUT2D eigenvalue weighted by molar-refractivity contribution is -0.0356. The minimum atomic E-state index is -0.0311. The Balaban J connectivity index is 1.30. The number of para-hydroxylation sites is 1. The molecule has 148 valence electrons. The number of hydrogen-bond acceptors (Lipinski definition) is 5. The smallest absolute Gasteiger partial charge is 0.137 e. The SMILES string of the molecule is Cn1nccc1CN1CCO[C@@H](c2cc(CCOc3ccccc3Cl)[nH]n2)C1. The van der Waals surface area contributed by atoms with Crippen LogP contribution < -0.4 is 4.74 Å². The second-order valence-electron chi connectivity index (χ2n) is 6.89. The third-order valence-corrected chi connectivity index (χ3v) is 5.22. The van der Waals surface area contributed by atoms with Gasteiger partial charge in [-0.25, -0.2) is 0 Å². The zero-order valence-electron chi connectivity index (χ0n) is 15.8. The van der Waals surface area contributed by atoms with Crippen molar-refractivity contribution in [3.8, 4) is 5.75 Å². The van der Waals surface area contributed by atoms with Crippen LogP contribution in [0.3, 0.4) is 0 Å². The van der Waals surface area contributed by atoms with E-state index in [1.807, 2.05) is 42.2 Å². The number of H-pyrrole nitrogens is 1. The van der Waals surface area contributed by atoms with Gasteiger partial charge in [0, 0.05) is 45.0 Å². The maximum atomic E-state index is 6.11. The minimum absolute atomic E-state index is 0.0311. The van der Waals surface area contributed by atoms with E-state index < -0.39 is 0 Å². The van der Waals surface area contributed by atoms with Crippen LogP contribution in [0.2, 0.25) is 5.02 Å². The zero-order chi connectivity index (χ0) is 19.3. The van der Waals surface area contributed by atoms with E-state index >= 15 is 0 Å². The largest absolute Gasteiger partial charge is 0.492 e. The number of nitrogens with zero attached hydrogens (tertiary/aromatic N) is 4. The molecular weight excluding hydrogens is 378 g/mol. The fourth-order valence-corrected chi connectivity index (χ4v) is 3.51. The predicted molar refractivity (Wildman–Crippen MR) is 106 cm³/mol. The highest BCUT2D eigenvalue weighted by Crippen LogP contribution is 2.24. The van der Waals surface area contributed by atoms with Crippen molar-refractivity contribution < 1.29 is 9.47 Å². The van der Waals surface area contributed by atoms with Gasteiger partial charge in [0.15, 0.2) is 0 Å². The predicted octanol–water partition coefficient (Wildman–Crippen LogP) is 2.99. The van der Waals surface area contributed by atoms with Crippen LogP contribution in [0.4, 0.5) is 0 Å². The van der Waals surface area contributed by atoms with E-state index in [1.54, 1.807) is 0 Å². The summed E-state index contributed by atoms with van der Waals surface area (Å²) in [6.07, 6.45) is 2.53. The molecule has 0 unspecified atom stereocenters. The van der Waals surface area contributed by atoms with Crippen LogP contribution >= 0.6 is 11.6 Å². The van der Waals surface area contributed by atoms with Crippen molar-refractivity contribution in [1.82, 2.24) is 24.9 Å². The summed E-state index contributed by atoms with van der Waals surface area (Å²) in [7, 11) is 1.97. The van der Waals surface area contributed by atoms with Crippen molar-refractivity contribution in [3.63, 3.8) is 0 Å². The molecule has 1 fully saturated rings. The normalized spacial score (nSPS) is 17.7. The quantitative estimate of drug-likeness (QED) is 0.659. The lowest BCUT2D eigenvalue weighted by Crippen LogP contribution is -2.38. The van der Waals surface area contributed by atoms with Gasteiger partial charge in [0.05, 0.1) is 29.6 Å². The molecular formula is C20H24ClN5O2. The molecule has 0 saturated carbocycles. The number of nitrogens with one attached hydrogen (secondary N) is 1. The molecule has 0 amide bonds. The second kappa shape index (κ2) is 8.77. The summed E-state index contributed by atoms with van der Waals surface area (Å²) in [5.74, 6) is 0.699. The molecule has 2 aromatic heterocycles. The maximum absolute atomic E-state index is 6.11. The van der Waals surface area contributed by atoms with Gasteiger partial charge >= 0.3 is 0 Å². The third-order valence-electron chi connectivity index (χ3n) is 4.90. The lowest BCUT2D eigenvalue weighted by atomic mass is 10.2. The van der Waals surface area contributed by atoms with Crippen molar-refractivity contribution in [1.29, 1.82) is 0 Å². The summed E-state index contributed by atoms with van der Waals surface area (Å²) in [5, 5.41) is 12.4. The Morgan fingerprint density at radius 1 is 1.32 bits per heavy atom.